The second-order valence-electron chi connectivity index (χ2n) is 5.02. The fraction of sp³-hybridized carbons (Fsp3) is 0.538. The molecule has 1 aromatic carbocycles. The van der Waals surface area contributed by atoms with E-state index >= 15 is 0 Å². The number of nitro benzene ring substituents is 1. The number of benzene rings is 1. The summed E-state index contributed by atoms with van der Waals surface area (Å²) in [5.74, 6) is 0. The molecule has 0 amide bonds. The molecule has 0 unspecified atom stereocenters. The summed E-state index contributed by atoms with van der Waals surface area (Å²) in [6.07, 6.45) is 3.17. The molecule has 88 valence electrons. The Labute approximate surface area is 96.6 Å². The zero-order valence-corrected chi connectivity index (χ0v) is 10.2. The molecule has 0 bridgehead atoms. The van der Waals surface area contributed by atoms with Gasteiger partial charge in [-0.15, -0.1) is 0 Å². The number of hydrogen-bond acceptors (Lipinski definition) is 2. The van der Waals surface area contributed by atoms with E-state index in [-0.39, 0.29) is 16.0 Å². The van der Waals surface area contributed by atoms with Crippen LogP contribution in [0.25, 0.3) is 0 Å². The minimum atomic E-state index is -0.337. The molecule has 1 aromatic rings. The maximum absolute atomic E-state index is 10.7. The normalized spacial score (nSPS) is 11.4. The molecular formula is C13H19NO2. The summed E-state index contributed by atoms with van der Waals surface area (Å²) in [5, 5.41) is 10.7. The average molecular weight is 221 g/mol. The third-order valence-corrected chi connectivity index (χ3v) is 2.73. The highest BCUT2D eigenvalue weighted by Gasteiger charge is 2.18. The van der Waals surface area contributed by atoms with Gasteiger partial charge in [0, 0.05) is 12.1 Å². The van der Waals surface area contributed by atoms with Gasteiger partial charge in [0.25, 0.3) is 5.69 Å². The van der Waals surface area contributed by atoms with Crippen LogP contribution in [0.3, 0.4) is 0 Å². The van der Waals surface area contributed by atoms with Crippen molar-refractivity contribution >= 4 is 5.69 Å². The lowest BCUT2D eigenvalue weighted by Gasteiger charge is -2.23. The van der Waals surface area contributed by atoms with E-state index in [1.54, 1.807) is 12.1 Å². The highest BCUT2D eigenvalue weighted by Crippen LogP contribution is 2.28. The third-order valence-electron chi connectivity index (χ3n) is 2.73. The molecule has 0 radical (unpaired) electrons. The van der Waals surface area contributed by atoms with Crippen molar-refractivity contribution in [2.24, 2.45) is 5.41 Å². The van der Waals surface area contributed by atoms with E-state index in [2.05, 4.69) is 20.8 Å². The summed E-state index contributed by atoms with van der Waals surface area (Å²) >= 11 is 0. The molecule has 0 heterocycles. The number of rotatable bonds is 5. The fourth-order valence-electron chi connectivity index (χ4n) is 2.10. The van der Waals surface area contributed by atoms with Crippen molar-refractivity contribution in [3.8, 4) is 0 Å². The van der Waals surface area contributed by atoms with E-state index < -0.39 is 0 Å². The summed E-state index contributed by atoms with van der Waals surface area (Å²) in [4.78, 5) is 10.3. The Morgan fingerprint density at radius 1 is 1.38 bits per heavy atom. The monoisotopic (exact) mass is 221 g/mol. The van der Waals surface area contributed by atoms with Gasteiger partial charge in [-0.25, -0.2) is 0 Å². The largest absolute Gasteiger partial charge is 0.269 e. The van der Waals surface area contributed by atoms with Gasteiger partial charge in [0.1, 0.15) is 0 Å². The molecule has 16 heavy (non-hydrogen) atoms. The first-order valence-electron chi connectivity index (χ1n) is 5.68. The first-order chi connectivity index (χ1) is 7.44. The third kappa shape index (κ3) is 3.65. The van der Waals surface area contributed by atoms with E-state index in [0.29, 0.717) is 0 Å². The van der Waals surface area contributed by atoms with Crippen LogP contribution < -0.4 is 0 Å². The second-order valence-corrected chi connectivity index (χ2v) is 5.02. The van der Waals surface area contributed by atoms with Crippen LogP contribution in [0.2, 0.25) is 0 Å². The molecule has 0 aromatic heterocycles. The molecule has 0 aliphatic heterocycles. The maximum Gasteiger partial charge on any atom is 0.269 e. The van der Waals surface area contributed by atoms with Crippen molar-refractivity contribution in [2.45, 2.75) is 40.0 Å². The van der Waals surface area contributed by atoms with E-state index in [1.807, 2.05) is 6.07 Å². The molecule has 1 rings (SSSR count). The summed E-state index contributed by atoms with van der Waals surface area (Å²) in [6, 6.07) is 6.94. The van der Waals surface area contributed by atoms with Gasteiger partial charge in [-0.1, -0.05) is 39.3 Å². The lowest BCUT2D eigenvalue weighted by Crippen LogP contribution is -2.14. The van der Waals surface area contributed by atoms with E-state index in [0.717, 1.165) is 24.8 Å². The number of hydrogen-bond donors (Lipinski definition) is 0. The van der Waals surface area contributed by atoms with Gasteiger partial charge in [0.2, 0.25) is 0 Å². The molecule has 0 aliphatic carbocycles. The smallest absolute Gasteiger partial charge is 0.258 e. The molecule has 0 saturated heterocycles. The zero-order valence-electron chi connectivity index (χ0n) is 10.2. The summed E-state index contributed by atoms with van der Waals surface area (Å²) in [7, 11) is 0. The molecule has 0 N–H and O–H groups in total. The van der Waals surface area contributed by atoms with Gasteiger partial charge in [-0.05, 0) is 23.8 Å². The van der Waals surface area contributed by atoms with Gasteiger partial charge >= 0.3 is 0 Å². The number of non-ortho nitro benzene ring substituents is 1. The van der Waals surface area contributed by atoms with Crippen LogP contribution >= 0.6 is 0 Å². The van der Waals surface area contributed by atoms with Crippen molar-refractivity contribution in [3.05, 3.63) is 39.9 Å². The minimum absolute atomic E-state index is 0.185. The Kier molecular flexibility index (Phi) is 4.05. The van der Waals surface area contributed by atoms with Gasteiger partial charge in [0.05, 0.1) is 4.92 Å². The predicted molar refractivity (Wildman–Crippen MR) is 65.5 cm³/mol. The lowest BCUT2D eigenvalue weighted by molar-refractivity contribution is -0.384. The van der Waals surface area contributed by atoms with E-state index in [9.17, 15) is 10.1 Å². The minimum Gasteiger partial charge on any atom is -0.258 e. The van der Waals surface area contributed by atoms with Crippen LogP contribution in [-0.4, -0.2) is 4.92 Å². The standard InChI is InChI=1S/C13H19NO2/c1-4-8-13(2,3)10-11-6-5-7-12(9-11)14(15)16/h5-7,9H,4,8,10H2,1-3H3. The lowest BCUT2D eigenvalue weighted by atomic mass is 9.82. The summed E-state index contributed by atoms with van der Waals surface area (Å²) in [5.41, 5.74) is 1.45. The van der Waals surface area contributed by atoms with E-state index in [1.165, 1.54) is 6.07 Å². The predicted octanol–water partition coefficient (Wildman–Crippen LogP) is 3.96. The molecule has 3 nitrogen and oxygen atoms in total. The first kappa shape index (κ1) is 12.7. The van der Waals surface area contributed by atoms with Crippen LogP contribution in [0.4, 0.5) is 5.69 Å². The molecular weight excluding hydrogens is 202 g/mol. The second kappa shape index (κ2) is 5.10. The van der Waals surface area contributed by atoms with Crippen LogP contribution in [0.5, 0.6) is 0 Å². The van der Waals surface area contributed by atoms with Crippen molar-refractivity contribution in [2.75, 3.05) is 0 Å². The zero-order chi connectivity index (χ0) is 12.2. The molecule has 0 fully saturated rings. The van der Waals surface area contributed by atoms with Gasteiger partial charge in [-0.2, -0.15) is 0 Å². The summed E-state index contributed by atoms with van der Waals surface area (Å²) in [6.45, 7) is 6.57. The quantitative estimate of drug-likeness (QED) is 0.558. The molecule has 0 saturated carbocycles. The fourth-order valence-corrected chi connectivity index (χ4v) is 2.10. The first-order valence-corrected chi connectivity index (χ1v) is 5.68. The average Bonchev–Trinajstić information content (AvgIpc) is 2.17. The van der Waals surface area contributed by atoms with Gasteiger partial charge in [0.15, 0.2) is 0 Å². The van der Waals surface area contributed by atoms with Crippen LogP contribution in [0, 0.1) is 15.5 Å². The molecule has 3 heteroatoms. The van der Waals surface area contributed by atoms with Gasteiger partial charge in [-0.3, -0.25) is 10.1 Å². The van der Waals surface area contributed by atoms with Crippen molar-refractivity contribution in [1.29, 1.82) is 0 Å². The Morgan fingerprint density at radius 2 is 2.06 bits per heavy atom. The highest BCUT2D eigenvalue weighted by molar-refractivity contribution is 5.34. The van der Waals surface area contributed by atoms with Crippen LogP contribution in [0.15, 0.2) is 24.3 Å². The van der Waals surface area contributed by atoms with Crippen molar-refractivity contribution in [3.63, 3.8) is 0 Å². The van der Waals surface area contributed by atoms with Gasteiger partial charge < -0.3 is 0 Å². The number of nitro groups is 1. The van der Waals surface area contributed by atoms with Crippen molar-refractivity contribution in [1.82, 2.24) is 0 Å². The Morgan fingerprint density at radius 3 is 2.62 bits per heavy atom. The SMILES string of the molecule is CCCC(C)(C)Cc1cccc([N+](=O)[O-])c1. The van der Waals surface area contributed by atoms with Crippen LogP contribution in [-0.2, 0) is 6.42 Å². The highest BCUT2D eigenvalue weighted by atomic mass is 16.6. The van der Waals surface area contributed by atoms with E-state index in [4.69, 9.17) is 0 Å². The Hall–Kier alpha value is -1.38. The van der Waals surface area contributed by atoms with Crippen LogP contribution in [0.1, 0.15) is 39.2 Å². The number of nitrogens with zero attached hydrogens (tertiary/aromatic N) is 1. The topological polar surface area (TPSA) is 43.1 Å². The maximum atomic E-state index is 10.7. The summed E-state index contributed by atoms with van der Waals surface area (Å²) < 4.78 is 0. The molecule has 0 spiro atoms. The van der Waals surface area contributed by atoms with Crippen molar-refractivity contribution < 1.29 is 4.92 Å². The molecule has 0 aliphatic rings. The Bertz CT molecular complexity index is 372. The molecule has 0 atom stereocenters. The Balaban J connectivity index is 2.81.